The monoisotopic (exact) mass is 584 g/mol. The molecule has 0 radical (unpaired) electrons. The number of hydrogen-bond donors (Lipinski definition) is 0. The van der Waals surface area contributed by atoms with E-state index in [1.165, 1.54) is 109 Å². The summed E-state index contributed by atoms with van der Waals surface area (Å²) in [7, 11) is 0. The van der Waals surface area contributed by atoms with Gasteiger partial charge in [0.1, 0.15) is 0 Å². The van der Waals surface area contributed by atoms with E-state index in [1.807, 2.05) is 0 Å². The second-order valence-electron chi connectivity index (χ2n) is 14.9. The second-order valence-corrected chi connectivity index (χ2v) is 14.9. The van der Waals surface area contributed by atoms with Crippen LogP contribution in [0.15, 0.2) is 121 Å². The Labute approximate surface area is 268 Å². The maximum absolute atomic E-state index is 2.58. The molecule has 0 aromatic heterocycles. The second kappa shape index (κ2) is 7.95. The van der Waals surface area contributed by atoms with Gasteiger partial charge < -0.3 is 0 Å². The zero-order valence-electron chi connectivity index (χ0n) is 26.5. The van der Waals surface area contributed by atoms with Gasteiger partial charge in [0.15, 0.2) is 0 Å². The van der Waals surface area contributed by atoms with Crippen LogP contribution in [0.4, 0.5) is 0 Å². The summed E-state index contributed by atoms with van der Waals surface area (Å²) in [5.74, 6) is 0. The lowest BCUT2D eigenvalue weighted by molar-refractivity contribution is 0.655. The predicted molar refractivity (Wildman–Crippen MR) is 198 cm³/mol. The molecular formula is C46H32. The van der Waals surface area contributed by atoms with Crippen molar-refractivity contribution >= 4 is 64.6 Å². The van der Waals surface area contributed by atoms with E-state index >= 15 is 0 Å². The van der Waals surface area contributed by atoms with Crippen LogP contribution in [-0.2, 0) is 10.8 Å². The molecule has 46 heavy (non-hydrogen) atoms. The van der Waals surface area contributed by atoms with E-state index in [1.54, 1.807) is 0 Å². The molecule has 11 rings (SSSR count). The van der Waals surface area contributed by atoms with Gasteiger partial charge in [0.2, 0.25) is 0 Å². The van der Waals surface area contributed by atoms with Crippen LogP contribution in [0.2, 0.25) is 0 Å². The molecule has 0 aliphatic heterocycles. The summed E-state index contributed by atoms with van der Waals surface area (Å²) in [6.45, 7) is 9.75. The fourth-order valence-corrected chi connectivity index (χ4v) is 9.75. The van der Waals surface area contributed by atoms with Gasteiger partial charge in [0.05, 0.1) is 0 Å². The quantitative estimate of drug-likeness (QED) is 0.156. The maximum atomic E-state index is 2.58. The van der Waals surface area contributed by atoms with Crippen molar-refractivity contribution in [2.24, 2.45) is 0 Å². The molecule has 0 spiro atoms. The third kappa shape index (κ3) is 2.80. The molecule has 0 saturated heterocycles. The zero-order chi connectivity index (χ0) is 30.7. The largest absolute Gasteiger partial charge is 0.0616 e. The molecule has 0 saturated carbocycles. The van der Waals surface area contributed by atoms with Gasteiger partial charge in [0.25, 0.3) is 0 Å². The first-order valence-corrected chi connectivity index (χ1v) is 16.6. The maximum Gasteiger partial charge on any atom is 0.0165 e. The molecule has 0 amide bonds. The summed E-state index contributed by atoms with van der Waals surface area (Å²) in [4.78, 5) is 0. The predicted octanol–water partition coefficient (Wildman–Crippen LogP) is 12.7. The van der Waals surface area contributed by atoms with E-state index in [9.17, 15) is 0 Å². The molecule has 9 aromatic rings. The summed E-state index contributed by atoms with van der Waals surface area (Å²) >= 11 is 0. The first kappa shape index (κ1) is 25.0. The molecule has 0 heteroatoms. The number of benzene rings is 9. The van der Waals surface area contributed by atoms with Crippen LogP contribution in [0.5, 0.6) is 0 Å². The Bertz CT molecular complexity index is 2830. The molecule has 216 valence electrons. The first-order valence-electron chi connectivity index (χ1n) is 16.6. The SMILES string of the molecule is CC1(C)c2cc3c(cc2-c2c1cc1ccc4cccc5ccc2c1c45)C(C)(C)c1c-3ccc2c1ccc1ccc3ccccc3c12. The molecule has 0 bridgehead atoms. The van der Waals surface area contributed by atoms with E-state index < -0.39 is 0 Å². The summed E-state index contributed by atoms with van der Waals surface area (Å²) in [5.41, 5.74) is 11.2. The Morgan fingerprint density at radius 3 is 1.78 bits per heavy atom. The van der Waals surface area contributed by atoms with E-state index in [0.29, 0.717) is 0 Å². The Morgan fingerprint density at radius 1 is 0.348 bits per heavy atom. The van der Waals surface area contributed by atoms with Gasteiger partial charge in [-0.1, -0.05) is 131 Å². The minimum Gasteiger partial charge on any atom is -0.0616 e. The average Bonchev–Trinajstić information content (AvgIpc) is 3.44. The van der Waals surface area contributed by atoms with Crippen LogP contribution in [0.3, 0.4) is 0 Å². The van der Waals surface area contributed by atoms with E-state index in [0.717, 1.165) is 0 Å². The van der Waals surface area contributed by atoms with Crippen molar-refractivity contribution < 1.29 is 0 Å². The lowest BCUT2D eigenvalue weighted by Gasteiger charge is -2.25. The minimum atomic E-state index is -0.131. The fourth-order valence-electron chi connectivity index (χ4n) is 9.75. The number of rotatable bonds is 0. The smallest absolute Gasteiger partial charge is 0.0165 e. The molecule has 0 nitrogen and oxygen atoms in total. The highest BCUT2D eigenvalue weighted by molar-refractivity contribution is 6.27. The summed E-state index contributed by atoms with van der Waals surface area (Å²) < 4.78 is 0. The van der Waals surface area contributed by atoms with Crippen LogP contribution in [0, 0.1) is 0 Å². The lowest BCUT2D eigenvalue weighted by Crippen LogP contribution is -2.17. The molecule has 0 unspecified atom stereocenters. The third-order valence-corrected chi connectivity index (χ3v) is 11.9. The van der Waals surface area contributed by atoms with Gasteiger partial charge in [0, 0.05) is 10.8 Å². The molecule has 9 aromatic carbocycles. The van der Waals surface area contributed by atoms with Crippen molar-refractivity contribution in [3.8, 4) is 22.3 Å². The van der Waals surface area contributed by atoms with E-state index in [2.05, 4.69) is 149 Å². The molecule has 0 atom stereocenters. The normalized spacial score (nSPS) is 15.7. The van der Waals surface area contributed by atoms with Crippen LogP contribution in [0.25, 0.3) is 86.9 Å². The van der Waals surface area contributed by atoms with Gasteiger partial charge in [-0.15, -0.1) is 0 Å². The van der Waals surface area contributed by atoms with Gasteiger partial charge in [-0.2, -0.15) is 0 Å². The van der Waals surface area contributed by atoms with Crippen molar-refractivity contribution in [1.29, 1.82) is 0 Å². The van der Waals surface area contributed by atoms with Crippen molar-refractivity contribution in [3.05, 3.63) is 144 Å². The van der Waals surface area contributed by atoms with E-state index in [4.69, 9.17) is 0 Å². The summed E-state index contributed by atoms with van der Waals surface area (Å²) in [6.07, 6.45) is 0. The van der Waals surface area contributed by atoms with Crippen molar-refractivity contribution in [3.63, 3.8) is 0 Å². The standard InChI is InChI=1S/C46H32/c1-45(2)38-23-35-33-21-20-31-32(18-16-28-13-12-25-8-5-6-11-30(25)41(28)31)44(33)46(3,4)37(35)24-36(38)43-34-19-17-27-10-7-9-26-14-15-29(22-39(43)45)42(34)40(26)27/h5-24H,1-4H3. The third-order valence-electron chi connectivity index (χ3n) is 11.9. The minimum absolute atomic E-state index is 0.0942. The van der Waals surface area contributed by atoms with E-state index in [-0.39, 0.29) is 10.8 Å². The van der Waals surface area contributed by atoms with Gasteiger partial charge in [-0.25, -0.2) is 0 Å². The van der Waals surface area contributed by atoms with Gasteiger partial charge >= 0.3 is 0 Å². The Kier molecular flexibility index (Phi) is 4.33. The van der Waals surface area contributed by atoms with Crippen molar-refractivity contribution in [2.75, 3.05) is 0 Å². The highest BCUT2D eigenvalue weighted by Crippen LogP contribution is 2.59. The van der Waals surface area contributed by atoms with Crippen LogP contribution in [0.1, 0.15) is 49.9 Å². The van der Waals surface area contributed by atoms with Crippen LogP contribution in [-0.4, -0.2) is 0 Å². The topological polar surface area (TPSA) is 0 Å². The molecule has 0 fully saturated rings. The van der Waals surface area contributed by atoms with Crippen LogP contribution >= 0.6 is 0 Å². The highest BCUT2D eigenvalue weighted by atomic mass is 14.5. The van der Waals surface area contributed by atoms with Gasteiger partial charge in [-0.05, 0) is 127 Å². The number of fused-ring (bicyclic) bond motifs is 13. The molecular weight excluding hydrogens is 553 g/mol. The fraction of sp³-hybridized carbons (Fsp3) is 0.130. The Morgan fingerprint density at radius 2 is 0.957 bits per heavy atom. The average molecular weight is 585 g/mol. The number of hydrogen-bond acceptors (Lipinski definition) is 0. The summed E-state index contributed by atoms with van der Waals surface area (Å²) in [6, 6.07) is 46.6. The lowest BCUT2D eigenvalue weighted by atomic mass is 9.78. The molecule has 0 N–H and O–H groups in total. The highest BCUT2D eigenvalue weighted by Gasteiger charge is 2.43. The van der Waals surface area contributed by atoms with Gasteiger partial charge in [-0.3, -0.25) is 0 Å². The molecule has 2 aliphatic rings. The van der Waals surface area contributed by atoms with Crippen LogP contribution < -0.4 is 0 Å². The first-order chi connectivity index (χ1) is 22.3. The summed E-state index contributed by atoms with van der Waals surface area (Å²) in [5, 5.41) is 16.2. The molecule has 0 heterocycles. The van der Waals surface area contributed by atoms with Crippen molar-refractivity contribution in [1.82, 2.24) is 0 Å². The Balaban J connectivity index is 1.21. The Hall–Kier alpha value is -5.20. The molecule has 2 aliphatic carbocycles. The van der Waals surface area contributed by atoms with Crippen molar-refractivity contribution in [2.45, 2.75) is 38.5 Å². The zero-order valence-corrected chi connectivity index (χ0v) is 26.5.